The minimum atomic E-state index is -4.32. The van der Waals surface area contributed by atoms with Gasteiger partial charge in [-0.3, -0.25) is 5.10 Å². The van der Waals surface area contributed by atoms with Gasteiger partial charge in [0.25, 0.3) is 0 Å². The quantitative estimate of drug-likeness (QED) is 0.895. The van der Waals surface area contributed by atoms with Crippen LogP contribution in [0.3, 0.4) is 0 Å². The third-order valence-electron chi connectivity index (χ3n) is 4.73. The molecule has 19 heavy (non-hydrogen) atoms. The lowest BCUT2D eigenvalue weighted by Gasteiger charge is -2.15. The van der Waals surface area contributed by atoms with Gasteiger partial charge >= 0.3 is 6.18 Å². The molecule has 0 bridgehead atoms. The van der Waals surface area contributed by atoms with Crippen molar-refractivity contribution < 1.29 is 13.2 Å². The van der Waals surface area contributed by atoms with E-state index in [4.69, 9.17) is 0 Å². The third kappa shape index (κ3) is 1.88. The topological polar surface area (TPSA) is 31.9 Å². The molecule has 6 heteroatoms. The summed E-state index contributed by atoms with van der Waals surface area (Å²) in [6, 6.07) is 0. The molecule has 2 aliphatic carbocycles. The summed E-state index contributed by atoms with van der Waals surface area (Å²) in [6.07, 6.45) is -1.15. The summed E-state index contributed by atoms with van der Waals surface area (Å²) < 4.78 is 38.4. The molecule has 0 radical (unpaired) electrons. The number of rotatable bonds is 2. The summed E-state index contributed by atoms with van der Waals surface area (Å²) in [5.41, 5.74) is 0.481. The van der Waals surface area contributed by atoms with Crippen LogP contribution in [0, 0.1) is 11.8 Å². The number of alkyl halides is 3. The Hall–Kier alpha value is -1.04. The van der Waals surface area contributed by atoms with Gasteiger partial charge < -0.3 is 4.90 Å². The molecule has 3 aliphatic rings. The molecule has 1 saturated carbocycles. The maximum Gasteiger partial charge on any atom is 0.435 e. The van der Waals surface area contributed by atoms with Gasteiger partial charge in [0.1, 0.15) is 0 Å². The largest absolute Gasteiger partial charge is 0.435 e. The normalized spacial score (nSPS) is 30.7. The molecule has 1 aliphatic heterocycles. The number of aromatic amines is 1. The fraction of sp³-hybridized carbons (Fsp3) is 0.769. The Balaban J connectivity index is 1.56. The molecule has 0 aromatic carbocycles. The van der Waals surface area contributed by atoms with E-state index in [-0.39, 0.29) is 5.92 Å². The second-order valence-electron chi connectivity index (χ2n) is 6.19. The number of nitrogens with zero attached hydrogens (tertiary/aromatic N) is 2. The zero-order valence-corrected chi connectivity index (χ0v) is 10.5. The number of hydrogen-bond acceptors (Lipinski definition) is 2. The molecule has 1 saturated heterocycles. The minimum absolute atomic E-state index is 0.234. The molecule has 2 heterocycles. The molecule has 0 amide bonds. The molecule has 1 aromatic rings. The van der Waals surface area contributed by atoms with Crippen LogP contribution >= 0.6 is 0 Å². The number of fused-ring (bicyclic) bond motifs is 3. The summed E-state index contributed by atoms with van der Waals surface area (Å²) in [5.74, 6) is 1.42. The van der Waals surface area contributed by atoms with Crippen molar-refractivity contribution in [3.63, 3.8) is 0 Å². The second-order valence-corrected chi connectivity index (χ2v) is 6.19. The molecule has 1 aromatic heterocycles. The zero-order chi connectivity index (χ0) is 13.2. The zero-order valence-electron chi connectivity index (χ0n) is 10.5. The van der Waals surface area contributed by atoms with Gasteiger partial charge in [0.05, 0.1) is 0 Å². The van der Waals surface area contributed by atoms with Crippen molar-refractivity contribution in [3.05, 3.63) is 17.0 Å². The predicted molar refractivity (Wildman–Crippen MR) is 62.7 cm³/mol. The molecular weight excluding hydrogens is 255 g/mol. The number of H-pyrrole nitrogens is 1. The van der Waals surface area contributed by atoms with Gasteiger partial charge in [-0.25, -0.2) is 0 Å². The Labute approximate surface area is 109 Å². The molecule has 0 unspecified atom stereocenters. The van der Waals surface area contributed by atoms with Gasteiger partial charge in [-0.2, -0.15) is 18.3 Å². The van der Waals surface area contributed by atoms with Crippen molar-refractivity contribution in [1.29, 1.82) is 0 Å². The highest BCUT2D eigenvalue weighted by atomic mass is 19.4. The first-order chi connectivity index (χ1) is 9.02. The van der Waals surface area contributed by atoms with E-state index in [9.17, 15) is 13.2 Å². The Kier molecular flexibility index (Phi) is 2.32. The highest BCUT2D eigenvalue weighted by Crippen LogP contribution is 2.46. The molecule has 2 atom stereocenters. The lowest BCUT2D eigenvalue weighted by molar-refractivity contribution is -0.141. The predicted octanol–water partition coefficient (Wildman–Crippen LogP) is 2.41. The van der Waals surface area contributed by atoms with Crippen molar-refractivity contribution in [3.8, 4) is 0 Å². The molecule has 3 nitrogen and oxygen atoms in total. The van der Waals surface area contributed by atoms with Crippen LogP contribution in [0.25, 0.3) is 0 Å². The van der Waals surface area contributed by atoms with Gasteiger partial charge in [-0.05, 0) is 31.1 Å². The fourth-order valence-corrected chi connectivity index (χ4v) is 3.70. The molecule has 0 spiro atoms. The minimum Gasteiger partial charge on any atom is -0.302 e. The Bertz CT molecular complexity index is 504. The van der Waals surface area contributed by atoms with Crippen LogP contribution in [0.15, 0.2) is 0 Å². The fourth-order valence-electron chi connectivity index (χ4n) is 3.70. The van der Waals surface area contributed by atoms with Crippen molar-refractivity contribution in [1.82, 2.24) is 15.1 Å². The first-order valence-corrected chi connectivity index (χ1v) is 6.89. The van der Waals surface area contributed by atoms with Crippen LogP contribution in [0.1, 0.15) is 35.7 Å². The number of likely N-dealkylation sites (tertiary alicyclic amines) is 1. The average Bonchev–Trinajstić information content (AvgIpc) is 2.75. The summed E-state index contributed by atoms with van der Waals surface area (Å²) in [5, 5.41) is 6.16. The van der Waals surface area contributed by atoms with E-state index in [1.165, 1.54) is 12.8 Å². The number of halogens is 3. The third-order valence-corrected chi connectivity index (χ3v) is 4.73. The molecule has 2 fully saturated rings. The number of aromatic nitrogens is 2. The summed E-state index contributed by atoms with van der Waals surface area (Å²) in [7, 11) is 0. The van der Waals surface area contributed by atoms with Gasteiger partial charge in [0, 0.05) is 36.8 Å². The smallest absolute Gasteiger partial charge is 0.302 e. The van der Waals surface area contributed by atoms with E-state index in [1.807, 2.05) is 0 Å². The first kappa shape index (κ1) is 11.8. The van der Waals surface area contributed by atoms with Crippen LogP contribution < -0.4 is 0 Å². The summed E-state index contributed by atoms with van der Waals surface area (Å²) >= 11 is 0. The first-order valence-electron chi connectivity index (χ1n) is 6.89. The van der Waals surface area contributed by atoms with Crippen LogP contribution in [0.5, 0.6) is 0 Å². The van der Waals surface area contributed by atoms with E-state index < -0.39 is 11.9 Å². The highest BCUT2D eigenvalue weighted by molar-refractivity contribution is 5.37. The van der Waals surface area contributed by atoms with Gasteiger partial charge in [-0.15, -0.1) is 0 Å². The summed E-state index contributed by atoms with van der Waals surface area (Å²) in [4.78, 5) is 2.42. The van der Waals surface area contributed by atoms with Gasteiger partial charge in [0.15, 0.2) is 5.69 Å². The molecule has 104 valence electrons. The van der Waals surface area contributed by atoms with Gasteiger partial charge in [-0.1, -0.05) is 0 Å². The lowest BCUT2D eigenvalue weighted by Crippen LogP contribution is -2.24. The average molecular weight is 271 g/mol. The second kappa shape index (κ2) is 3.75. The van der Waals surface area contributed by atoms with Crippen molar-refractivity contribution >= 4 is 0 Å². The van der Waals surface area contributed by atoms with E-state index in [0.29, 0.717) is 17.9 Å². The van der Waals surface area contributed by atoms with E-state index in [0.717, 1.165) is 31.2 Å². The van der Waals surface area contributed by atoms with E-state index >= 15 is 0 Å². The monoisotopic (exact) mass is 271 g/mol. The Morgan fingerprint density at radius 2 is 2.05 bits per heavy atom. The highest BCUT2D eigenvalue weighted by Gasteiger charge is 2.47. The van der Waals surface area contributed by atoms with Gasteiger partial charge in [0.2, 0.25) is 0 Å². The Morgan fingerprint density at radius 3 is 2.74 bits per heavy atom. The SMILES string of the molecule is FC(F)(F)c1n[nH]c2c1C[C@@H]1CN(CC3CC3)C[C@H]21. The standard InChI is InChI=1S/C13H16F3N3/c14-13(15,16)12-9-3-8-5-19(4-7-1-2-7)6-10(8)11(9)17-18-12/h7-8,10H,1-6H2,(H,17,18)/t8-,10+/m1/s1. The number of nitrogens with one attached hydrogen (secondary N) is 1. The van der Waals surface area contributed by atoms with Crippen LogP contribution in [0.4, 0.5) is 13.2 Å². The Morgan fingerprint density at radius 1 is 1.26 bits per heavy atom. The van der Waals surface area contributed by atoms with Crippen LogP contribution in [0.2, 0.25) is 0 Å². The van der Waals surface area contributed by atoms with Crippen molar-refractivity contribution in [2.75, 3.05) is 19.6 Å². The van der Waals surface area contributed by atoms with Crippen molar-refractivity contribution in [2.45, 2.75) is 31.4 Å². The maximum absolute atomic E-state index is 12.8. The van der Waals surface area contributed by atoms with Crippen molar-refractivity contribution in [2.24, 2.45) is 11.8 Å². The van der Waals surface area contributed by atoms with Crippen LogP contribution in [-0.4, -0.2) is 34.7 Å². The molecule has 4 rings (SSSR count). The molecular formula is C13H16F3N3. The maximum atomic E-state index is 12.8. The summed E-state index contributed by atoms with van der Waals surface area (Å²) in [6.45, 7) is 2.97. The molecule has 1 N–H and O–H groups in total. The lowest BCUT2D eigenvalue weighted by atomic mass is 9.99. The van der Waals surface area contributed by atoms with E-state index in [1.54, 1.807) is 0 Å². The van der Waals surface area contributed by atoms with E-state index in [2.05, 4.69) is 15.1 Å². The number of hydrogen-bond donors (Lipinski definition) is 1. The van der Waals surface area contributed by atoms with Crippen LogP contribution in [-0.2, 0) is 12.6 Å².